The van der Waals surface area contributed by atoms with E-state index in [1.54, 1.807) is 6.20 Å². The Morgan fingerprint density at radius 2 is 2.39 bits per heavy atom. The predicted molar refractivity (Wildman–Crippen MR) is 81.5 cm³/mol. The summed E-state index contributed by atoms with van der Waals surface area (Å²) in [7, 11) is 0. The molecule has 8 nitrogen and oxygen atoms in total. The number of nitrogens with zero attached hydrogens (tertiary/aromatic N) is 3. The number of amides is 1. The van der Waals surface area contributed by atoms with Gasteiger partial charge < -0.3 is 19.9 Å². The Balaban J connectivity index is 1.42. The van der Waals surface area contributed by atoms with Crippen molar-refractivity contribution < 1.29 is 14.1 Å². The molecule has 0 spiro atoms. The van der Waals surface area contributed by atoms with Crippen molar-refractivity contribution in [2.75, 3.05) is 26.3 Å². The van der Waals surface area contributed by atoms with Crippen molar-refractivity contribution in [2.45, 2.75) is 18.9 Å². The average Bonchev–Trinajstić information content (AvgIpc) is 3.05. The summed E-state index contributed by atoms with van der Waals surface area (Å²) in [5.74, 6) is 0.915. The molecular weight excluding hydrogens is 298 g/mol. The summed E-state index contributed by atoms with van der Waals surface area (Å²) < 4.78 is 10.5. The Kier molecular flexibility index (Phi) is 5.28. The predicted octanol–water partition coefficient (Wildman–Crippen LogP) is 0.169. The van der Waals surface area contributed by atoms with Crippen LogP contribution >= 0.6 is 0 Å². The van der Waals surface area contributed by atoms with Gasteiger partial charge in [0.15, 0.2) is 0 Å². The lowest BCUT2D eigenvalue weighted by atomic mass is 10.2. The number of aromatic nitrogens is 3. The van der Waals surface area contributed by atoms with E-state index in [4.69, 9.17) is 9.26 Å². The minimum atomic E-state index is -0.0162. The van der Waals surface area contributed by atoms with Crippen LogP contribution in [0.25, 0.3) is 11.5 Å². The molecule has 0 aromatic carbocycles. The van der Waals surface area contributed by atoms with E-state index in [-0.39, 0.29) is 11.9 Å². The molecule has 2 aromatic rings. The van der Waals surface area contributed by atoms with Crippen LogP contribution in [0.3, 0.4) is 0 Å². The molecule has 1 aliphatic rings. The smallest absolute Gasteiger partial charge is 0.228 e. The largest absolute Gasteiger partial charge is 0.378 e. The van der Waals surface area contributed by atoms with Gasteiger partial charge in [-0.25, -0.2) is 0 Å². The highest BCUT2D eigenvalue weighted by Crippen LogP contribution is 2.11. The Hall–Kier alpha value is -2.32. The van der Waals surface area contributed by atoms with E-state index in [0.29, 0.717) is 50.0 Å². The van der Waals surface area contributed by atoms with E-state index in [1.807, 2.05) is 18.2 Å². The molecule has 0 aliphatic carbocycles. The SMILES string of the molecule is O=C(C[C@@H]1COCCN1)NCCc1nc(-c2ccccn2)no1. The van der Waals surface area contributed by atoms with Crippen LogP contribution < -0.4 is 10.6 Å². The first kappa shape index (κ1) is 15.6. The molecule has 8 heteroatoms. The second-order valence-corrected chi connectivity index (χ2v) is 5.26. The van der Waals surface area contributed by atoms with Gasteiger partial charge >= 0.3 is 0 Å². The van der Waals surface area contributed by atoms with Crippen molar-refractivity contribution in [3.8, 4) is 11.5 Å². The first-order chi connectivity index (χ1) is 11.3. The average molecular weight is 317 g/mol. The molecule has 1 fully saturated rings. The highest BCUT2D eigenvalue weighted by molar-refractivity contribution is 5.76. The molecule has 0 unspecified atom stereocenters. The van der Waals surface area contributed by atoms with Crippen LogP contribution in [0.5, 0.6) is 0 Å². The molecular formula is C15H19N5O3. The van der Waals surface area contributed by atoms with Gasteiger partial charge in [-0.2, -0.15) is 4.98 Å². The Morgan fingerprint density at radius 3 is 3.17 bits per heavy atom. The lowest BCUT2D eigenvalue weighted by Gasteiger charge is -2.23. The number of morpholine rings is 1. The fraction of sp³-hybridized carbons (Fsp3) is 0.467. The van der Waals surface area contributed by atoms with Crippen LogP contribution in [-0.2, 0) is 16.0 Å². The van der Waals surface area contributed by atoms with Crippen molar-refractivity contribution in [2.24, 2.45) is 0 Å². The maximum Gasteiger partial charge on any atom is 0.228 e. The van der Waals surface area contributed by atoms with E-state index >= 15 is 0 Å². The van der Waals surface area contributed by atoms with E-state index in [0.717, 1.165) is 6.54 Å². The van der Waals surface area contributed by atoms with Gasteiger partial charge in [0.05, 0.1) is 13.2 Å². The van der Waals surface area contributed by atoms with Gasteiger partial charge in [-0.15, -0.1) is 0 Å². The van der Waals surface area contributed by atoms with Gasteiger partial charge in [0.25, 0.3) is 0 Å². The lowest BCUT2D eigenvalue weighted by molar-refractivity contribution is -0.122. The molecule has 3 rings (SSSR count). The third-order valence-electron chi connectivity index (χ3n) is 3.45. The summed E-state index contributed by atoms with van der Waals surface area (Å²) in [5, 5.41) is 9.99. The van der Waals surface area contributed by atoms with E-state index < -0.39 is 0 Å². The molecule has 3 heterocycles. The second-order valence-electron chi connectivity index (χ2n) is 5.26. The number of hydrogen-bond donors (Lipinski definition) is 2. The van der Waals surface area contributed by atoms with Crippen molar-refractivity contribution in [3.63, 3.8) is 0 Å². The van der Waals surface area contributed by atoms with Crippen LogP contribution in [-0.4, -0.2) is 53.4 Å². The number of carbonyl (C=O) groups is 1. The zero-order valence-electron chi connectivity index (χ0n) is 12.7. The highest BCUT2D eigenvalue weighted by Gasteiger charge is 2.16. The van der Waals surface area contributed by atoms with Crippen molar-refractivity contribution in [1.29, 1.82) is 0 Å². The number of nitrogens with one attached hydrogen (secondary N) is 2. The molecule has 1 aliphatic heterocycles. The fourth-order valence-corrected chi connectivity index (χ4v) is 2.31. The lowest BCUT2D eigenvalue weighted by Crippen LogP contribution is -2.44. The summed E-state index contributed by atoms with van der Waals surface area (Å²) in [4.78, 5) is 20.3. The summed E-state index contributed by atoms with van der Waals surface area (Å²) in [5.41, 5.74) is 0.662. The second kappa shape index (κ2) is 7.80. The molecule has 0 radical (unpaired) electrons. The first-order valence-corrected chi connectivity index (χ1v) is 7.63. The quantitative estimate of drug-likeness (QED) is 0.783. The van der Waals surface area contributed by atoms with Gasteiger partial charge in [0.2, 0.25) is 17.6 Å². The first-order valence-electron chi connectivity index (χ1n) is 7.63. The third-order valence-corrected chi connectivity index (χ3v) is 3.45. The molecule has 1 amide bonds. The van der Waals surface area contributed by atoms with Crippen LogP contribution in [0.1, 0.15) is 12.3 Å². The number of hydrogen-bond acceptors (Lipinski definition) is 7. The van der Waals surface area contributed by atoms with Gasteiger partial charge in [-0.1, -0.05) is 11.2 Å². The standard InChI is InChI=1S/C15H19N5O3/c21-13(9-11-10-22-8-7-16-11)18-6-4-14-19-15(20-23-14)12-3-1-2-5-17-12/h1-3,5,11,16H,4,6-10H2,(H,18,21)/t11-/m1/s1. The number of ether oxygens (including phenoxy) is 1. The van der Waals surface area contributed by atoms with Gasteiger partial charge in [0.1, 0.15) is 5.69 Å². The zero-order valence-corrected chi connectivity index (χ0v) is 12.7. The van der Waals surface area contributed by atoms with E-state index in [1.165, 1.54) is 0 Å². The Morgan fingerprint density at radius 1 is 1.43 bits per heavy atom. The molecule has 0 bridgehead atoms. The van der Waals surface area contributed by atoms with Crippen LogP contribution in [0.15, 0.2) is 28.9 Å². The van der Waals surface area contributed by atoms with Crippen LogP contribution in [0.4, 0.5) is 0 Å². The topological polar surface area (TPSA) is 102 Å². The molecule has 1 saturated heterocycles. The van der Waals surface area contributed by atoms with Gasteiger partial charge in [-0.05, 0) is 12.1 Å². The van der Waals surface area contributed by atoms with Crippen molar-refractivity contribution in [3.05, 3.63) is 30.3 Å². The number of carbonyl (C=O) groups excluding carboxylic acids is 1. The minimum Gasteiger partial charge on any atom is -0.378 e. The molecule has 2 aromatic heterocycles. The number of rotatable bonds is 6. The summed E-state index contributed by atoms with van der Waals surface area (Å²) in [6, 6.07) is 5.59. The summed E-state index contributed by atoms with van der Waals surface area (Å²) in [6.07, 6.45) is 2.57. The Labute approximate surface area is 133 Å². The summed E-state index contributed by atoms with van der Waals surface area (Å²) in [6.45, 7) is 2.52. The minimum absolute atomic E-state index is 0.0162. The summed E-state index contributed by atoms with van der Waals surface area (Å²) >= 11 is 0. The van der Waals surface area contributed by atoms with Crippen molar-refractivity contribution >= 4 is 5.91 Å². The van der Waals surface area contributed by atoms with Crippen LogP contribution in [0, 0.1) is 0 Å². The zero-order chi connectivity index (χ0) is 15.9. The third kappa shape index (κ3) is 4.57. The van der Waals surface area contributed by atoms with E-state index in [9.17, 15) is 4.79 Å². The fourth-order valence-electron chi connectivity index (χ4n) is 2.31. The van der Waals surface area contributed by atoms with Gasteiger partial charge in [-0.3, -0.25) is 9.78 Å². The number of pyridine rings is 1. The van der Waals surface area contributed by atoms with Crippen LogP contribution in [0.2, 0.25) is 0 Å². The molecule has 0 saturated carbocycles. The maximum absolute atomic E-state index is 11.8. The maximum atomic E-state index is 11.8. The van der Waals surface area contributed by atoms with Crippen molar-refractivity contribution in [1.82, 2.24) is 25.8 Å². The van der Waals surface area contributed by atoms with E-state index in [2.05, 4.69) is 25.8 Å². The van der Waals surface area contributed by atoms with Gasteiger partial charge in [0, 0.05) is 38.2 Å². The molecule has 2 N–H and O–H groups in total. The normalized spacial score (nSPS) is 17.8. The molecule has 122 valence electrons. The molecule has 23 heavy (non-hydrogen) atoms. The monoisotopic (exact) mass is 317 g/mol. The highest BCUT2D eigenvalue weighted by atomic mass is 16.5. The molecule has 1 atom stereocenters. The Bertz CT molecular complexity index is 625.